The van der Waals surface area contributed by atoms with Crippen molar-refractivity contribution >= 4 is 17.9 Å². The molecule has 1 aliphatic heterocycles. The molecule has 2 aromatic carbocycles. The summed E-state index contributed by atoms with van der Waals surface area (Å²) in [4.78, 5) is 29.0. The van der Waals surface area contributed by atoms with Crippen molar-refractivity contribution in [1.29, 1.82) is 0 Å². The predicted molar refractivity (Wildman–Crippen MR) is 120 cm³/mol. The van der Waals surface area contributed by atoms with Crippen molar-refractivity contribution in [3.05, 3.63) is 65.7 Å². The lowest BCUT2D eigenvalue weighted by molar-refractivity contribution is -0.131. The van der Waals surface area contributed by atoms with Crippen LogP contribution in [0.1, 0.15) is 15.9 Å². The fourth-order valence-electron chi connectivity index (χ4n) is 3.43. The van der Waals surface area contributed by atoms with Gasteiger partial charge in [0, 0.05) is 38.3 Å². The summed E-state index contributed by atoms with van der Waals surface area (Å²) < 4.78 is 10.4. The second-order valence-electron chi connectivity index (χ2n) is 7.25. The molecule has 0 unspecified atom stereocenters. The van der Waals surface area contributed by atoms with Crippen molar-refractivity contribution < 1.29 is 19.1 Å². The van der Waals surface area contributed by atoms with Gasteiger partial charge in [0.1, 0.15) is 0 Å². The van der Waals surface area contributed by atoms with Crippen LogP contribution < -0.4 is 14.8 Å². The van der Waals surface area contributed by atoms with E-state index in [1.54, 1.807) is 23.1 Å². The van der Waals surface area contributed by atoms with Gasteiger partial charge < -0.3 is 19.7 Å². The van der Waals surface area contributed by atoms with Gasteiger partial charge in [-0.1, -0.05) is 42.5 Å². The SMILES string of the molecule is COc1ccc(C(=O)NCC(=O)N2CCN(C/C=C/c3ccccc3)CC2)cc1OC. The van der Waals surface area contributed by atoms with Crippen LogP contribution in [0.5, 0.6) is 11.5 Å². The highest BCUT2D eigenvalue weighted by molar-refractivity contribution is 5.97. The zero-order valence-corrected chi connectivity index (χ0v) is 18.0. The van der Waals surface area contributed by atoms with Crippen LogP contribution in [0.15, 0.2) is 54.6 Å². The van der Waals surface area contributed by atoms with E-state index in [0.717, 1.165) is 19.6 Å². The molecule has 0 saturated carbocycles. The average Bonchev–Trinajstić information content (AvgIpc) is 2.83. The number of carbonyl (C=O) groups is 2. The molecule has 1 fully saturated rings. The van der Waals surface area contributed by atoms with Crippen LogP contribution in [-0.2, 0) is 4.79 Å². The van der Waals surface area contributed by atoms with Crippen molar-refractivity contribution in [3.8, 4) is 11.5 Å². The van der Waals surface area contributed by atoms with Gasteiger partial charge in [-0.25, -0.2) is 0 Å². The quantitative estimate of drug-likeness (QED) is 0.706. The number of nitrogens with one attached hydrogen (secondary N) is 1. The molecule has 1 saturated heterocycles. The van der Waals surface area contributed by atoms with E-state index in [2.05, 4.69) is 34.5 Å². The minimum Gasteiger partial charge on any atom is -0.493 e. The number of hydrogen-bond acceptors (Lipinski definition) is 5. The molecule has 1 N–H and O–H groups in total. The van der Waals surface area contributed by atoms with E-state index >= 15 is 0 Å². The first-order chi connectivity index (χ1) is 15.1. The standard InChI is InChI=1S/C24H29N3O4/c1-30-21-11-10-20(17-22(21)31-2)24(29)25-18-23(28)27-15-13-26(14-16-27)12-6-9-19-7-4-3-5-8-19/h3-11,17H,12-16,18H2,1-2H3,(H,25,29)/b9-6+. The maximum atomic E-state index is 12.5. The van der Waals surface area contributed by atoms with Crippen LogP contribution in [0, 0.1) is 0 Å². The molecule has 0 aliphatic carbocycles. The van der Waals surface area contributed by atoms with Gasteiger partial charge in [0.05, 0.1) is 20.8 Å². The number of ether oxygens (including phenoxy) is 2. The zero-order chi connectivity index (χ0) is 22.1. The van der Waals surface area contributed by atoms with Crippen LogP contribution >= 0.6 is 0 Å². The molecular formula is C24H29N3O4. The molecule has 2 aromatic rings. The maximum absolute atomic E-state index is 12.5. The van der Waals surface area contributed by atoms with Crippen LogP contribution in [0.2, 0.25) is 0 Å². The number of amides is 2. The van der Waals surface area contributed by atoms with E-state index in [1.807, 2.05) is 18.2 Å². The summed E-state index contributed by atoms with van der Waals surface area (Å²) >= 11 is 0. The summed E-state index contributed by atoms with van der Waals surface area (Å²) in [5, 5.41) is 2.70. The summed E-state index contributed by atoms with van der Waals surface area (Å²) in [5.41, 5.74) is 1.60. The van der Waals surface area contributed by atoms with Crippen molar-refractivity contribution in [2.24, 2.45) is 0 Å². The van der Waals surface area contributed by atoms with Crippen molar-refractivity contribution in [3.63, 3.8) is 0 Å². The maximum Gasteiger partial charge on any atom is 0.251 e. The molecule has 164 valence electrons. The van der Waals surface area contributed by atoms with Gasteiger partial charge in [-0.3, -0.25) is 14.5 Å². The highest BCUT2D eigenvalue weighted by atomic mass is 16.5. The molecule has 3 rings (SSSR count). The Morgan fingerprint density at radius 2 is 1.68 bits per heavy atom. The Morgan fingerprint density at radius 1 is 0.968 bits per heavy atom. The fraction of sp³-hybridized carbons (Fsp3) is 0.333. The van der Waals surface area contributed by atoms with Crippen LogP contribution in [0.3, 0.4) is 0 Å². The molecule has 0 spiro atoms. The minimum atomic E-state index is -0.320. The van der Waals surface area contributed by atoms with Crippen molar-refractivity contribution in [1.82, 2.24) is 15.1 Å². The Balaban J connectivity index is 1.41. The number of rotatable bonds is 8. The van der Waals surface area contributed by atoms with E-state index in [1.165, 1.54) is 19.8 Å². The lowest BCUT2D eigenvalue weighted by atomic mass is 10.2. The normalized spacial score (nSPS) is 14.5. The number of hydrogen-bond donors (Lipinski definition) is 1. The molecule has 0 atom stereocenters. The Kier molecular flexibility index (Phi) is 8.06. The Bertz CT molecular complexity index is 906. The average molecular weight is 424 g/mol. The van der Waals surface area contributed by atoms with E-state index in [4.69, 9.17) is 9.47 Å². The molecular weight excluding hydrogens is 394 g/mol. The summed E-state index contributed by atoms with van der Waals surface area (Å²) in [6, 6.07) is 15.1. The zero-order valence-electron chi connectivity index (χ0n) is 18.0. The molecule has 7 heteroatoms. The number of methoxy groups -OCH3 is 2. The molecule has 0 bridgehead atoms. The number of benzene rings is 2. The van der Waals surface area contributed by atoms with Gasteiger partial charge in [-0.2, -0.15) is 0 Å². The van der Waals surface area contributed by atoms with Gasteiger partial charge in [0.2, 0.25) is 5.91 Å². The van der Waals surface area contributed by atoms with E-state index in [0.29, 0.717) is 30.2 Å². The van der Waals surface area contributed by atoms with Crippen molar-refractivity contribution in [2.75, 3.05) is 53.5 Å². The number of carbonyl (C=O) groups excluding carboxylic acids is 2. The van der Waals surface area contributed by atoms with Gasteiger partial charge in [0.25, 0.3) is 5.91 Å². The molecule has 0 radical (unpaired) electrons. The van der Waals surface area contributed by atoms with Crippen LogP contribution in [-0.4, -0.2) is 75.1 Å². The topological polar surface area (TPSA) is 71.1 Å². The molecule has 1 heterocycles. The fourth-order valence-corrected chi connectivity index (χ4v) is 3.43. The van der Waals surface area contributed by atoms with Gasteiger partial charge >= 0.3 is 0 Å². The first-order valence-corrected chi connectivity index (χ1v) is 10.3. The third-order valence-electron chi connectivity index (χ3n) is 5.24. The van der Waals surface area contributed by atoms with Gasteiger partial charge in [0.15, 0.2) is 11.5 Å². The smallest absolute Gasteiger partial charge is 0.251 e. The summed E-state index contributed by atoms with van der Waals surface area (Å²) in [6.45, 7) is 3.77. The van der Waals surface area contributed by atoms with E-state index in [-0.39, 0.29) is 18.4 Å². The van der Waals surface area contributed by atoms with Crippen LogP contribution in [0.25, 0.3) is 6.08 Å². The lowest BCUT2D eigenvalue weighted by Crippen LogP contribution is -2.51. The Hall–Kier alpha value is -3.32. The highest BCUT2D eigenvalue weighted by Crippen LogP contribution is 2.27. The van der Waals surface area contributed by atoms with Gasteiger partial charge in [-0.15, -0.1) is 0 Å². The van der Waals surface area contributed by atoms with Gasteiger partial charge in [-0.05, 0) is 23.8 Å². The van der Waals surface area contributed by atoms with Crippen LogP contribution in [0.4, 0.5) is 0 Å². The third kappa shape index (κ3) is 6.33. The second kappa shape index (κ2) is 11.2. The lowest BCUT2D eigenvalue weighted by Gasteiger charge is -2.34. The molecule has 2 amide bonds. The number of piperazine rings is 1. The third-order valence-corrected chi connectivity index (χ3v) is 5.24. The first-order valence-electron chi connectivity index (χ1n) is 10.3. The first kappa shape index (κ1) is 22.4. The minimum absolute atomic E-state index is 0.0267. The summed E-state index contributed by atoms with van der Waals surface area (Å²) in [7, 11) is 3.05. The molecule has 1 aliphatic rings. The van der Waals surface area contributed by atoms with E-state index < -0.39 is 0 Å². The Labute approximate surface area is 183 Å². The van der Waals surface area contributed by atoms with E-state index in [9.17, 15) is 9.59 Å². The number of nitrogens with zero attached hydrogens (tertiary/aromatic N) is 2. The highest BCUT2D eigenvalue weighted by Gasteiger charge is 2.21. The second-order valence-corrected chi connectivity index (χ2v) is 7.25. The molecule has 31 heavy (non-hydrogen) atoms. The summed E-state index contributed by atoms with van der Waals surface area (Å²) in [5.74, 6) is 0.623. The molecule has 7 nitrogen and oxygen atoms in total. The summed E-state index contributed by atoms with van der Waals surface area (Å²) in [6.07, 6.45) is 4.26. The largest absolute Gasteiger partial charge is 0.493 e. The predicted octanol–water partition coefficient (Wildman–Crippen LogP) is 2.29. The Morgan fingerprint density at radius 3 is 2.35 bits per heavy atom. The molecule has 0 aromatic heterocycles. The van der Waals surface area contributed by atoms with Crippen molar-refractivity contribution in [2.45, 2.75) is 0 Å². The monoisotopic (exact) mass is 423 g/mol.